The molecule has 1 rings (SSSR count). The van der Waals surface area contributed by atoms with E-state index < -0.39 is 5.54 Å². The Morgan fingerprint density at radius 2 is 1.68 bits per heavy atom. The molecule has 1 fully saturated rings. The zero-order valence-electron chi connectivity index (χ0n) is 20.8. The maximum Gasteiger partial charge on any atom is 0.166 e. The molecule has 166 valence electrons. The number of carbonyl (C=O) groups excluding carboxylic acids is 1. The largest absolute Gasteiger partial charge is 0.296 e. The first-order valence-corrected chi connectivity index (χ1v) is 12.0. The van der Waals surface area contributed by atoms with E-state index in [1.807, 2.05) is 0 Å². The molecule has 0 saturated carbocycles. The van der Waals surface area contributed by atoms with Gasteiger partial charge >= 0.3 is 0 Å². The zero-order valence-corrected chi connectivity index (χ0v) is 20.8. The molecule has 0 radical (unpaired) electrons. The maximum absolute atomic E-state index is 13.5. The molecule has 3 unspecified atom stereocenters. The average molecular weight is 395 g/mol. The van der Waals surface area contributed by atoms with Gasteiger partial charge in [0, 0.05) is 24.2 Å². The maximum atomic E-state index is 13.5. The molecule has 0 aromatic rings. The third-order valence-electron chi connectivity index (χ3n) is 7.84. The van der Waals surface area contributed by atoms with E-state index in [9.17, 15) is 4.79 Å². The van der Waals surface area contributed by atoms with Gasteiger partial charge in [-0.25, -0.2) is 0 Å². The third kappa shape index (κ3) is 5.59. The second kappa shape index (κ2) is 10.1. The van der Waals surface area contributed by atoms with Gasteiger partial charge in [0.05, 0.1) is 12.1 Å². The SMILES string of the molecule is CCCC(CN1C(C)(C)CN(C(C)(CC)CCC)CC(=O)C1(C)C)C(C)CC. The van der Waals surface area contributed by atoms with Crippen LogP contribution < -0.4 is 0 Å². The molecule has 1 aliphatic rings. The molecule has 0 aromatic heterocycles. The summed E-state index contributed by atoms with van der Waals surface area (Å²) in [4.78, 5) is 18.6. The van der Waals surface area contributed by atoms with Gasteiger partial charge in [0.15, 0.2) is 5.78 Å². The Kier molecular flexibility index (Phi) is 9.21. The van der Waals surface area contributed by atoms with Crippen molar-refractivity contribution in [1.82, 2.24) is 9.80 Å². The second-order valence-electron chi connectivity index (χ2n) is 10.8. The normalized spacial score (nSPS) is 25.1. The summed E-state index contributed by atoms with van der Waals surface area (Å²) in [5, 5.41) is 0. The van der Waals surface area contributed by atoms with E-state index in [0.29, 0.717) is 24.2 Å². The van der Waals surface area contributed by atoms with Crippen molar-refractivity contribution >= 4 is 5.78 Å². The van der Waals surface area contributed by atoms with Crippen molar-refractivity contribution in [1.29, 1.82) is 0 Å². The summed E-state index contributed by atoms with van der Waals surface area (Å²) in [6.45, 7) is 25.5. The summed E-state index contributed by atoms with van der Waals surface area (Å²) < 4.78 is 0. The minimum atomic E-state index is -0.418. The Labute approximate surface area is 176 Å². The summed E-state index contributed by atoms with van der Waals surface area (Å²) in [7, 11) is 0. The quantitative estimate of drug-likeness (QED) is 0.443. The molecule has 1 heterocycles. The van der Waals surface area contributed by atoms with E-state index >= 15 is 0 Å². The van der Waals surface area contributed by atoms with E-state index in [-0.39, 0.29) is 11.1 Å². The molecule has 0 spiro atoms. The van der Waals surface area contributed by atoms with Crippen LogP contribution in [0.25, 0.3) is 0 Å². The van der Waals surface area contributed by atoms with Gasteiger partial charge in [-0.1, -0.05) is 53.9 Å². The average Bonchev–Trinajstić information content (AvgIpc) is 2.68. The smallest absolute Gasteiger partial charge is 0.166 e. The number of ketones is 1. The highest BCUT2D eigenvalue weighted by Crippen LogP contribution is 2.37. The molecule has 28 heavy (non-hydrogen) atoms. The van der Waals surface area contributed by atoms with E-state index in [2.05, 4.69) is 79.0 Å². The highest BCUT2D eigenvalue weighted by atomic mass is 16.1. The van der Waals surface area contributed by atoms with Crippen LogP contribution in [0.5, 0.6) is 0 Å². The molecule has 0 bridgehead atoms. The third-order valence-corrected chi connectivity index (χ3v) is 7.84. The van der Waals surface area contributed by atoms with E-state index in [4.69, 9.17) is 0 Å². The number of hydrogen-bond acceptors (Lipinski definition) is 3. The molecular formula is C25H50N2O. The van der Waals surface area contributed by atoms with Gasteiger partial charge in [-0.3, -0.25) is 14.6 Å². The van der Waals surface area contributed by atoms with Gasteiger partial charge in [0.2, 0.25) is 0 Å². The lowest BCUT2D eigenvalue weighted by Gasteiger charge is -2.49. The van der Waals surface area contributed by atoms with Crippen LogP contribution in [0.15, 0.2) is 0 Å². The van der Waals surface area contributed by atoms with Gasteiger partial charge in [-0.05, 0) is 65.7 Å². The van der Waals surface area contributed by atoms with Gasteiger partial charge < -0.3 is 0 Å². The molecule has 1 saturated heterocycles. The van der Waals surface area contributed by atoms with Crippen LogP contribution in [0.1, 0.15) is 108 Å². The highest BCUT2D eigenvalue weighted by molar-refractivity contribution is 5.89. The van der Waals surface area contributed by atoms with Gasteiger partial charge in [-0.2, -0.15) is 0 Å². The number of rotatable bonds is 10. The molecule has 0 N–H and O–H groups in total. The fourth-order valence-electron chi connectivity index (χ4n) is 5.33. The lowest BCUT2D eigenvalue weighted by Crippen LogP contribution is -2.61. The number of Topliss-reactive ketones (excluding diaryl/α,β-unsaturated/α-hetero) is 1. The van der Waals surface area contributed by atoms with Crippen LogP contribution in [0.2, 0.25) is 0 Å². The first kappa shape index (κ1) is 25.6. The van der Waals surface area contributed by atoms with Crippen molar-refractivity contribution in [2.75, 3.05) is 19.6 Å². The molecule has 0 aliphatic carbocycles. The Balaban J connectivity index is 3.29. The van der Waals surface area contributed by atoms with Crippen molar-refractivity contribution in [2.24, 2.45) is 11.8 Å². The Bertz CT molecular complexity index is 499. The molecular weight excluding hydrogens is 344 g/mol. The molecule has 0 amide bonds. The standard InChI is InChI=1S/C25H50N2O/c1-11-15-21(20(5)13-3)17-27-23(6,7)19-26(18-22(28)24(27,8)9)25(10,14-4)16-12-2/h20-21H,11-19H2,1-10H3. The fraction of sp³-hybridized carbons (Fsp3) is 0.960. The first-order valence-electron chi connectivity index (χ1n) is 12.0. The molecule has 3 nitrogen and oxygen atoms in total. The van der Waals surface area contributed by atoms with Crippen molar-refractivity contribution in [3.63, 3.8) is 0 Å². The number of hydrogen-bond donors (Lipinski definition) is 0. The Hall–Kier alpha value is -0.410. The topological polar surface area (TPSA) is 23.6 Å². The second-order valence-corrected chi connectivity index (χ2v) is 10.8. The Morgan fingerprint density at radius 1 is 1.07 bits per heavy atom. The Morgan fingerprint density at radius 3 is 2.14 bits per heavy atom. The lowest BCUT2D eigenvalue weighted by molar-refractivity contribution is -0.132. The predicted octanol–water partition coefficient (Wildman–Crippen LogP) is 6.16. The van der Waals surface area contributed by atoms with Crippen LogP contribution in [-0.4, -0.2) is 51.8 Å². The number of carbonyl (C=O) groups is 1. The van der Waals surface area contributed by atoms with Gasteiger partial charge in [0.25, 0.3) is 0 Å². The van der Waals surface area contributed by atoms with Crippen LogP contribution in [0.3, 0.4) is 0 Å². The lowest BCUT2D eigenvalue weighted by atomic mass is 9.83. The molecule has 3 heteroatoms. The van der Waals surface area contributed by atoms with E-state index in [1.54, 1.807) is 0 Å². The number of nitrogens with zero attached hydrogens (tertiary/aromatic N) is 2. The summed E-state index contributed by atoms with van der Waals surface area (Å²) in [6, 6.07) is 0. The van der Waals surface area contributed by atoms with Gasteiger partial charge in [0.1, 0.15) is 0 Å². The van der Waals surface area contributed by atoms with Crippen LogP contribution in [0, 0.1) is 11.8 Å². The van der Waals surface area contributed by atoms with Crippen molar-refractivity contribution in [3.8, 4) is 0 Å². The zero-order chi connectivity index (χ0) is 21.8. The summed E-state index contributed by atoms with van der Waals surface area (Å²) in [6.07, 6.45) is 7.08. The predicted molar refractivity (Wildman–Crippen MR) is 123 cm³/mol. The highest BCUT2D eigenvalue weighted by Gasteiger charge is 2.49. The first-order chi connectivity index (χ1) is 12.9. The van der Waals surface area contributed by atoms with E-state index in [1.165, 1.54) is 19.3 Å². The van der Waals surface area contributed by atoms with Crippen LogP contribution >= 0.6 is 0 Å². The molecule has 3 atom stereocenters. The van der Waals surface area contributed by atoms with Crippen molar-refractivity contribution < 1.29 is 4.79 Å². The summed E-state index contributed by atoms with van der Waals surface area (Å²) in [5.41, 5.74) is -0.342. The van der Waals surface area contributed by atoms with Gasteiger partial charge in [-0.15, -0.1) is 0 Å². The molecule has 0 aromatic carbocycles. The molecule has 1 aliphatic heterocycles. The fourth-order valence-corrected chi connectivity index (χ4v) is 5.33. The van der Waals surface area contributed by atoms with E-state index in [0.717, 1.165) is 32.4 Å². The van der Waals surface area contributed by atoms with Crippen LogP contribution in [-0.2, 0) is 4.79 Å². The van der Waals surface area contributed by atoms with Crippen LogP contribution in [0.4, 0.5) is 0 Å². The van der Waals surface area contributed by atoms with Crippen molar-refractivity contribution in [3.05, 3.63) is 0 Å². The van der Waals surface area contributed by atoms with Crippen molar-refractivity contribution in [2.45, 2.75) is 124 Å². The summed E-state index contributed by atoms with van der Waals surface area (Å²) in [5.74, 6) is 1.73. The summed E-state index contributed by atoms with van der Waals surface area (Å²) >= 11 is 0. The minimum absolute atomic E-state index is 0.0285. The monoisotopic (exact) mass is 394 g/mol. The minimum Gasteiger partial charge on any atom is -0.296 e.